The quantitative estimate of drug-likeness (QED) is 0.724. The van der Waals surface area contributed by atoms with Gasteiger partial charge in [0.2, 0.25) is 5.79 Å². The Morgan fingerprint density at radius 2 is 1.59 bits per heavy atom. The molecule has 0 saturated heterocycles. The van der Waals surface area contributed by atoms with Gasteiger partial charge in [-0.05, 0) is 23.6 Å². The molecule has 1 heterocycles. The Labute approximate surface area is 134 Å². The summed E-state index contributed by atoms with van der Waals surface area (Å²) in [5, 5.41) is 1.54. The van der Waals surface area contributed by atoms with Crippen molar-refractivity contribution in [2.24, 2.45) is 10.8 Å². The SMILES string of the molecule is CO[C@]1(C(C)(C)C)C=C(C(C)(C)C)P(=O)(c2ccccc2)O1. The predicted molar refractivity (Wildman–Crippen MR) is 91.5 cm³/mol. The molecule has 0 aliphatic carbocycles. The van der Waals surface area contributed by atoms with Gasteiger partial charge in [0.15, 0.2) is 0 Å². The third kappa shape index (κ3) is 2.71. The summed E-state index contributed by atoms with van der Waals surface area (Å²) < 4.78 is 25.8. The van der Waals surface area contributed by atoms with Crippen molar-refractivity contribution < 1.29 is 13.8 Å². The van der Waals surface area contributed by atoms with Gasteiger partial charge in [-0.15, -0.1) is 0 Å². The largest absolute Gasteiger partial charge is 0.349 e. The van der Waals surface area contributed by atoms with Crippen LogP contribution in [-0.2, 0) is 13.8 Å². The highest BCUT2D eigenvalue weighted by molar-refractivity contribution is 7.71. The highest BCUT2D eigenvalue weighted by Crippen LogP contribution is 2.69. The third-order valence-corrected chi connectivity index (χ3v) is 7.06. The highest BCUT2D eigenvalue weighted by Gasteiger charge is 2.56. The van der Waals surface area contributed by atoms with Crippen LogP contribution in [0.5, 0.6) is 0 Å². The summed E-state index contributed by atoms with van der Waals surface area (Å²) in [6.45, 7) is 12.3. The van der Waals surface area contributed by atoms with Gasteiger partial charge in [-0.2, -0.15) is 0 Å². The normalized spacial score (nSPS) is 29.5. The molecule has 1 aromatic carbocycles. The standard InChI is InChI=1S/C18H27O3P/c1-16(2,3)15-13-18(20-7,17(4,5)6)21-22(15,19)14-11-9-8-10-12-14/h8-13H,1-7H3/t18-,22?/m1/s1. The van der Waals surface area contributed by atoms with Crippen molar-refractivity contribution in [1.29, 1.82) is 0 Å². The van der Waals surface area contributed by atoms with Gasteiger partial charge in [0.05, 0.1) is 0 Å². The zero-order valence-corrected chi connectivity index (χ0v) is 15.5. The molecule has 0 radical (unpaired) electrons. The van der Waals surface area contributed by atoms with Gasteiger partial charge in [-0.25, -0.2) is 0 Å². The first-order chi connectivity index (χ1) is 9.96. The van der Waals surface area contributed by atoms with Crippen LogP contribution < -0.4 is 5.30 Å². The maximum atomic E-state index is 13.8. The van der Waals surface area contributed by atoms with Gasteiger partial charge in [0.1, 0.15) is 0 Å². The lowest BCUT2D eigenvalue weighted by atomic mass is 9.83. The Morgan fingerprint density at radius 1 is 1.05 bits per heavy atom. The second-order valence-electron chi connectivity index (χ2n) is 7.88. The molecule has 122 valence electrons. The average molecular weight is 322 g/mol. The zero-order chi connectivity index (χ0) is 16.8. The number of ether oxygens (including phenoxy) is 1. The third-order valence-electron chi connectivity index (χ3n) is 4.12. The van der Waals surface area contributed by atoms with Crippen molar-refractivity contribution >= 4 is 12.7 Å². The monoisotopic (exact) mass is 322 g/mol. The molecule has 1 unspecified atom stereocenters. The summed E-state index contributed by atoms with van der Waals surface area (Å²) in [7, 11) is -1.54. The molecule has 0 amide bonds. The number of allylic oxidation sites excluding steroid dienone is 1. The van der Waals surface area contributed by atoms with Gasteiger partial charge >= 0.3 is 0 Å². The lowest BCUT2D eigenvalue weighted by molar-refractivity contribution is -0.183. The number of benzene rings is 1. The molecule has 2 rings (SSSR count). The van der Waals surface area contributed by atoms with Crippen LogP contribution in [0.15, 0.2) is 41.7 Å². The molecule has 1 aliphatic heterocycles. The molecule has 0 aromatic heterocycles. The number of hydrogen-bond acceptors (Lipinski definition) is 3. The molecule has 4 heteroatoms. The van der Waals surface area contributed by atoms with Crippen molar-refractivity contribution in [3.05, 3.63) is 41.7 Å². The minimum Gasteiger partial charge on any atom is -0.349 e. The maximum absolute atomic E-state index is 13.8. The first-order valence-electron chi connectivity index (χ1n) is 7.62. The lowest BCUT2D eigenvalue weighted by Crippen LogP contribution is -2.43. The van der Waals surface area contributed by atoms with Crippen LogP contribution in [0.2, 0.25) is 0 Å². The van der Waals surface area contributed by atoms with E-state index in [-0.39, 0.29) is 10.8 Å². The Bertz CT molecular complexity index is 620. The topological polar surface area (TPSA) is 35.5 Å². The van der Waals surface area contributed by atoms with Crippen molar-refractivity contribution in [3.63, 3.8) is 0 Å². The lowest BCUT2D eigenvalue weighted by Gasteiger charge is -2.38. The van der Waals surface area contributed by atoms with Crippen LogP contribution in [-0.4, -0.2) is 12.9 Å². The molecule has 3 nitrogen and oxygen atoms in total. The fraction of sp³-hybridized carbons (Fsp3) is 0.556. The van der Waals surface area contributed by atoms with Gasteiger partial charge in [-0.3, -0.25) is 9.09 Å². The van der Waals surface area contributed by atoms with E-state index in [1.54, 1.807) is 7.11 Å². The molecule has 1 aliphatic rings. The van der Waals surface area contributed by atoms with Crippen molar-refractivity contribution in [1.82, 2.24) is 0 Å². The highest BCUT2D eigenvalue weighted by atomic mass is 31.2. The van der Waals surface area contributed by atoms with Crippen LogP contribution in [0, 0.1) is 10.8 Å². The van der Waals surface area contributed by atoms with E-state index in [0.29, 0.717) is 0 Å². The minimum atomic E-state index is -3.15. The van der Waals surface area contributed by atoms with Gasteiger partial charge in [-0.1, -0.05) is 59.7 Å². The molecule has 0 N–H and O–H groups in total. The number of hydrogen-bond donors (Lipinski definition) is 0. The predicted octanol–water partition coefficient (Wildman–Crippen LogP) is 4.94. The fourth-order valence-corrected chi connectivity index (χ4v) is 5.81. The average Bonchev–Trinajstić information content (AvgIpc) is 2.75. The van der Waals surface area contributed by atoms with Crippen LogP contribution in [0.1, 0.15) is 41.5 Å². The number of methoxy groups -OCH3 is 1. The van der Waals surface area contributed by atoms with Gasteiger partial charge < -0.3 is 4.74 Å². The molecule has 0 spiro atoms. The molecule has 0 fully saturated rings. The fourth-order valence-electron chi connectivity index (χ4n) is 2.76. The van der Waals surface area contributed by atoms with E-state index in [0.717, 1.165) is 10.6 Å². The molecule has 1 aromatic rings. The molecule has 22 heavy (non-hydrogen) atoms. The van der Waals surface area contributed by atoms with Crippen LogP contribution in [0.4, 0.5) is 0 Å². The van der Waals surface area contributed by atoms with Crippen molar-refractivity contribution in [3.8, 4) is 0 Å². The van der Waals surface area contributed by atoms with E-state index in [1.165, 1.54) is 0 Å². The summed E-state index contributed by atoms with van der Waals surface area (Å²) >= 11 is 0. The van der Waals surface area contributed by atoms with E-state index < -0.39 is 13.2 Å². The summed E-state index contributed by atoms with van der Waals surface area (Å²) in [6.07, 6.45) is 1.95. The molecule has 0 saturated carbocycles. The second kappa shape index (κ2) is 5.33. The molecular formula is C18H27O3P. The first kappa shape index (κ1) is 17.5. The first-order valence-corrected chi connectivity index (χ1v) is 9.24. The Balaban J connectivity index is 2.68. The van der Waals surface area contributed by atoms with E-state index in [9.17, 15) is 4.57 Å². The molecule has 0 bridgehead atoms. The maximum Gasteiger partial charge on any atom is 0.260 e. The van der Waals surface area contributed by atoms with E-state index in [4.69, 9.17) is 9.26 Å². The minimum absolute atomic E-state index is 0.267. The summed E-state index contributed by atoms with van der Waals surface area (Å²) in [4.78, 5) is 0. The Kier molecular flexibility index (Phi) is 4.23. The second-order valence-corrected chi connectivity index (χ2v) is 10.2. The summed E-state index contributed by atoms with van der Waals surface area (Å²) in [5.74, 6) is -0.985. The molecular weight excluding hydrogens is 295 g/mol. The number of rotatable bonds is 2. The Hall–Kier alpha value is -0.890. The Morgan fingerprint density at radius 3 is 2.00 bits per heavy atom. The van der Waals surface area contributed by atoms with E-state index in [1.807, 2.05) is 57.2 Å². The van der Waals surface area contributed by atoms with Gasteiger partial charge in [0, 0.05) is 23.1 Å². The molecule has 2 atom stereocenters. The summed E-state index contributed by atoms with van der Waals surface area (Å²) in [6, 6.07) is 9.44. The summed E-state index contributed by atoms with van der Waals surface area (Å²) in [5.41, 5.74) is -0.601. The van der Waals surface area contributed by atoms with Crippen LogP contribution in [0.25, 0.3) is 0 Å². The van der Waals surface area contributed by atoms with E-state index in [2.05, 4.69) is 20.8 Å². The van der Waals surface area contributed by atoms with Crippen LogP contribution in [0.3, 0.4) is 0 Å². The van der Waals surface area contributed by atoms with E-state index >= 15 is 0 Å². The van der Waals surface area contributed by atoms with Crippen LogP contribution >= 0.6 is 7.37 Å². The smallest absolute Gasteiger partial charge is 0.260 e. The van der Waals surface area contributed by atoms with Gasteiger partial charge in [0.25, 0.3) is 7.37 Å². The van der Waals surface area contributed by atoms with Crippen molar-refractivity contribution in [2.45, 2.75) is 47.3 Å². The van der Waals surface area contributed by atoms with Crippen molar-refractivity contribution in [2.75, 3.05) is 7.11 Å². The zero-order valence-electron chi connectivity index (χ0n) is 14.6.